The standard InChI is InChI=1S/C25H33BrN2O3/c1-5-7-13-27-25(30)23(6-2)28(16-20-10-8-9-18(3)14-20)24(29)17-31-21-11-12-22(26)19(4)15-21/h8-12,14-15,23H,5-7,13,16-17H2,1-4H3,(H,27,30)/t23-/m0/s1. The molecule has 2 aromatic rings. The molecular weight excluding hydrogens is 456 g/mol. The Morgan fingerprint density at radius 3 is 2.55 bits per heavy atom. The number of unbranched alkanes of at least 4 members (excludes halogenated alkanes) is 1. The first-order valence-corrected chi connectivity index (χ1v) is 11.7. The molecular formula is C25H33BrN2O3. The van der Waals surface area contributed by atoms with Crippen LogP contribution in [0.5, 0.6) is 5.75 Å². The van der Waals surface area contributed by atoms with Crippen molar-refractivity contribution < 1.29 is 14.3 Å². The number of carbonyl (C=O) groups is 2. The second kappa shape index (κ2) is 12.5. The summed E-state index contributed by atoms with van der Waals surface area (Å²) in [7, 11) is 0. The number of hydrogen-bond donors (Lipinski definition) is 1. The highest BCUT2D eigenvalue weighted by Crippen LogP contribution is 2.22. The minimum absolute atomic E-state index is 0.114. The molecule has 1 atom stereocenters. The van der Waals surface area contributed by atoms with Gasteiger partial charge in [0.2, 0.25) is 5.91 Å². The van der Waals surface area contributed by atoms with Crippen molar-refractivity contribution in [2.45, 2.75) is 59.5 Å². The predicted octanol–water partition coefficient (Wildman–Crippen LogP) is 5.17. The number of carbonyl (C=O) groups excluding carboxylic acids is 2. The summed E-state index contributed by atoms with van der Waals surface area (Å²) in [6.45, 7) is 8.86. The Bertz CT molecular complexity index is 885. The molecule has 0 aliphatic heterocycles. The molecule has 0 fully saturated rings. The topological polar surface area (TPSA) is 58.6 Å². The van der Waals surface area contributed by atoms with Crippen LogP contribution >= 0.6 is 15.9 Å². The van der Waals surface area contributed by atoms with Gasteiger partial charge in [-0.25, -0.2) is 0 Å². The molecule has 2 amide bonds. The van der Waals surface area contributed by atoms with Crippen LogP contribution in [0.4, 0.5) is 0 Å². The summed E-state index contributed by atoms with van der Waals surface area (Å²) in [4.78, 5) is 27.7. The highest BCUT2D eigenvalue weighted by atomic mass is 79.9. The van der Waals surface area contributed by atoms with Gasteiger partial charge in [0.05, 0.1) is 0 Å². The second-order valence-electron chi connectivity index (χ2n) is 7.78. The third kappa shape index (κ3) is 7.69. The second-order valence-corrected chi connectivity index (χ2v) is 8.63. The van der Waals surface area contributed by atoms with E-state index < -0.39 is 6.04 Å². The van der Waals surface area contributed by atoms with Crippen LogP contribution in [-0.2, 0) is 16.1 Å². The van der Waals surface area contributed by atoms with E-state index in [0.717, 1.165) is 34.0 Å². The number of benzene rings is 2. The Morgan fingerprint density at radius 2 is 1.90 bits per heavy atom. The fourth-order valence-electron chi connectivity index (χ4n) is 3.37. The molecule has 0 spiro atoms. The molecule has 0 radical (unpaired) electrons. The van der Waals surface area contributed by atoms with Gasteiger partial charge in [-0.15, -0.1) is 0 Å². The van der Waals surface area contributed by atoms with Crippen molar-refractivity contribution in [3.63, 3.8) is 0 Å². The first-order chi connectivity index (χ1) is 14.8. The first kappa shape index (κ1) is 24.9. The van der Waals surface area contributed by atoms with Crippen molar-refractivity contribution in [3.05, 3.63) is 63.6 Å². The average Bonchev–Trinajstić information content (AvgIpc) is 2.74. The van der Waals surface area contributed by atoms with Crippen molar-refractivity contribution in [1.82, 2.24) is 10.2 Å². The number of ether oxygens (including phenoxy) is 1. The molecule has 5 nitrogen and oxygen atoms in total. The molecule has 31 heavy (non-hydrogen) atoms. The number of nitrogens with zero attached hydrogens (tertiary/aromatic N) is 1. The molecule has 0 aliphatic carbocycles. The predicted molar refractivity (Wildman–Crippen MR) is 128 cm³/mol. The summed E-state index contributed by atoms with van der Waals surface area (Å²) in [5, 5.41) is 2.98. The number of nitrogens with one attached hydrogen (secondary N) is 1. The van der Waals surface area contributed by atoms with Gasteiger partial charge in [-0.2, -0.15) is 0 Å². The molecule has 0 bridgehead atoms. The molecule has 0 heterocycles. The van der Waals surface area contributed by atoms with E-state index in [1.165, 1.54) is 0 Å². The van der Waals surface area contributed by atoms with Gasteiger partial charge in [-0.05, 0) is 56.0 Å². The molecule has 2 aromatic carbocycles. The number of amides is 2. The van der Waals surface area contributed by atoms with E-state index >= 15 is 0 Å². The summed E-state index contributed by atoms with van der Waals surface area (Å²) in [6.07, 6.45) is 2.45. The largest absolute Gasteiger partial charge is 0.484 e. The van der Waals surface area contributed by atoms with Gasteiger partial charge in [-0.3, -0.25) is 9.59 Å². The molecule has 2 rings (SSSR count). The minimum atomic E-state index is -0.542. The van der Waals surface area contributed by atoms with Crippen molar-refractivity contribution in [2.24, 2.45) is 0 Å². The van der Waals surface area contributed by atoms with E-state index in [1.807, 2.05) is 63.2 Å². The van der Waals surface area contributed by atoms with Gasteiger partial charge in [0.1, 0.15) is 11.8 Å². The Labute approximate surface area is 194 Å². The minimum Gasteiger partial charge on any atom is -0.484 e. The zero-order valence-electron chi connectivity index (χ0n) is 18.9. The van der Waals surface area contributed by atoms with Gasteiger partial charge in [0, 0.05) is 17.6 Å². The average molecular weight is 489 g/mol. The number of hydrogen-bond acceptors (Lipinski definition) is 3. The smallest absolute Gasteiger partial charge is 0.261 e. The maximum absolute atomic E-state index is 13.2. The lowest BCUT2D eigenvalue weighted by molar-refractivity contribution is -0.143. The van der Waals surface area contributed by atoms with Gasteiger partial charge in [0.15, 0.2) is 6.61 Å². The van der Waals surface area contributed by atoms with Crippen LogP contribution in [0.1, 0.15) is 49.8 Å². The van der Waals surface area contributed by atoms with E-state index in [2.05, 4.69) is 28.2 Å². The lowest BCUT2D eigenvalue weighted by Gasteiger charge is -2.30. The van der Waals surface area contributed by atoms with Crippen LogP contribution in [-0.4, -0.2) is 35.9 Å². The molecule has 168 valence electrons. The highest BCUT2D eigenvalue weighted by molar-refractivity contribution is 9.10. The molecule has 0 aliphatic rings. The molecule has 0 saturated heterocycles. The lowest BCUT2D eigenvalue weighted by atomic mass is 10.1. The number of halogens is 1. The Balaban J connectivity index is 2.18. The fourth-order valence-corrected chi connectivity index (χ4v) is 3.61. The summed E-state index contributed by atoms with van der Waals surface area (Å²) >= 11 is 3.47. The SMILES string of the molecule is CCCCNC(=O)[C@H](CC)N(Cc1cccc(C)c1)C(=O)COc1ccc(Br)c(C)c1. The fraction of sp³-hybridized carbons (Fsp3) is 0.440. The van der Waals surface area contributed by atoms with Gasteiger partial charge in [-0.1, -0.05) is 66.0 Å². The van der Waals surface area contributed by atoms with Crippen LogP contribution in [0.15, 0.2) is 46.9 Å². The molecule has 0 unspecified atom stereocenters. The molecule has 1 N–H and O–H groups in total. The van der Waals surface area contributed by atoms with Crippen LogP contribution in [0.2, 0.25) is 0 Å². The Morgan fingerprint density at radius 1 is 1.13 bits per heavy atom. The maximum Gasteiger partial charge on any atom is 0.261 e. The van der Waals surface area contributed by atoms with E-state index in [0.29, 0.717) is 25.3 Å². The van der Waals surface area contributed by atoms with Crippen LogP contribution in [0.3, 0.4) is 0 Å². The highest BCUT2D eigenvalue weighted by Gasteiger charge is 2.28. The van der Waals surface area contributed by atoms with E-state index in [9.17, 15) is 9.59 Å². The quantitative estimate of drug-likeness (QED) is 0.443. The molecule has 0 aromatic heterocycles. The van der Waals surface area contributed by atoms with Crippen LogP contribution < -0.4 is 10.1 Å². The van der Waals surface area contributed by atoms with Gasteiger partial charge in [0.25, 0.3) is 5.91 Å². The zero-order valence-corrected chi connectivity index (χ0v) is 20.5. The van der Waals surface area contributed by atoms with E-state index in [4.69, 9.17) is 4.74 Å². The third-order valence-corrected chi connectivity index (χ3v) is 6.03. The molecule has 6 heteroatoms. The summed E-state index contributed by atoms with van der Waals surface area (Å²) < 4.78 is 6.76. The molecule has 0 saturated carbocycles. The lowest BCUT2D eigenvalue weighted by Crippen LogP contribution is -2.50. The monoisotopic (exact) mass is 488 g/mol. The maximum atomic E-state index is 13.2. The zero-order chi connectivity index (χ0) is 22.8. The van der Waals surface area contributed by atoms with Gasteiger partial charge < -0.3 is 15.0 Å². The first-order valence-electron chi connectivity index (χ1n) is 10.9. The Kier molecular flexibility index (Phi) is 10.0. The van der Waals surface area contributed by atoms with Crippen molar-refractivity contribution in [1.29, 1.82) is 0 Å². The number of aryl methyl sites for hydroxylation is 2. The van der Waals surface area contributed by atoms with Gasteiger partial charge >= 0.3 is 0 Å². The third-order valence-electron chi connectivity index (χ3n) is 5.14. The number of rotatable bonds is 11. The van der Waals surface area contributed by atoms with Crippen molar-refractivity contribution >= 4 is 27.7 Å². The summed E-state index contributed by atoms with van der Waals surface area (Å²) in [6, 6.07) is 13.1. The summed E-state index contributed by atoms with van der Waals surface area (Å²) in [5.41, 5.74) is 3.14. The Hall–Kier alpha value is -2.34. The van der Waals surface area contributed by atoms with E-state index in [-0.39, 0.29) is 18.4 Å². The summed E-state index contributed by atoms with van der Waals surface area (Å²) in [5.74, 6) is 0.306. The van der Waals surface area contributed by atoms with Crippen LogP contribution in [0, 0.1) is 13.8 Å². The van der Waals surface area contributed by atoms with Crippen LogP contribution in [0.25, 0.3) is 0 Å². The normalized spacial score (nSPS) is 11.6. The van der Waals surface area contributed by atoms with E-state index in [1.54, 1.807) is 4.90 Å². The van der Waals surface area contributed by atoms with Crippen molar-refractivity contribution in [2.75, 3.05) is 13.2 Å². The van der Waals surface area contributed by atoms with Crippen molar-refractivity contribution in [3.8, 4) is 5.75 Å².